The Morgan fingerprint density at radius 2 is 1.71 bits per heavy atom. The van der Waals surface area contributed by atoms with Crippen LogP contribution in [0.5, 0.6) is 5.75 Å². The molecule has 0 saturated heterocycles. The quantitative estimate of drug-likeness (QED) is 0.734. The molecule has 0 aliphatic heterocycles. The van der Waals surface area contributed by atoms with Crippen molar-refractivity contribution >= 4 is 23.2 Å². The van der Waals surface area contributed by atoms with Crippen molar-refractivity contribution in [2.75, 3.05) is 0 Å². The molecule has 108 valence electrons. The molecule has 2 rings (SSSR count). The second-order valence-electron chi connectivity index (χ2n) is 3.99. The topological polar surface area (TPSA) is 33.0 Å². The van der Waals surface area contributed by atoms with Gasteiger partial charge in [0, 0.05) is 21.2 Å². The Balaban J connectivity index is 2.55. The zero-order chi connectivity index (χ0) is 15.6. The van der Waals surface area contributed by atoms with Gasteiger partial charge in [0.05, 0.1) is 11.6 Å². The number of hydrogen-bond acceptors (Lipinski definition) is 2. The Labute approximate surface area is 128 Å². The van der Waals surface area contributed by atoms with E-state index in [1.165, 1.54) is 24.3 Å². The number of benzene rings is 2. The van der Waals surface area contributed by atoms with Gasteiger partial charge in [-0.15, -0.1) is 13.2 Å². The molecule has 0 aromatic heterocycles. The van der Waals surface area contributed by atoms with E-state index in [0.717, 1.165) is 12.1 Å². The van der Waals surface area contributed by atoms with Crippen LogP contribution in [-0.4, -0.2) is 6.36 Å². The number of alkyl halides is 3. The monoisotopic (exact) mass is 331 g/mol. The molecule has 0 bridgehead atoms. The number of nitrogens with zero attached hydrogens (tertiary/aromatic N) is 1. The van der Waals surface area contributed by atoms with Gasteiger partial charge < -0.3 is 4.74 Å². The molecule has 7 heteroatoms. The Hall–Kier alpha value is -1.90. The van der Waals surface area contributed by atoms with E-state index in [9.17, 15) is 13.2 Å². The lowest BCUT2D eigenvalue weighted by Crippen LogP contribution is -2.17. The molecular formula is C14H6Cl2F3NO. The lowest BCUT2D eigenvalue weighted by molar-refractivity contribution is -0.274. The number of rotatable bonds is 2. The van der Waals surface area contributed by atoms with Gasteiger partial charge in [0.25, 0.3) is 0 Å². The van der Waals surface area contributed by atoms with Crippen LogP contribution in [0.15, 0.2) is 36.4 Å². The summed E-state index contributed by atoms with van der Waals surface area (Å²) in [5, 5.41) is 9.67. The summed E-state index contributed by atoms with van der Waals surface area (Å²) >= 11 is 11.8. The normalized spacial score (nSPS) is 11.0. The zero-order valence-corrected chi connectivity index (χ0v) is 11.7. The summed E-state index contributed by atoms with van der Waals surface area (Å²) in [6.45, 7) is 0. The van der Waals surface area contributed by atoms with Gasteiger partial charge in [0.15, 0.2) is 0 Å². The third-order valence-corrected chi connectivity index (χ3v) is 3.11. The molecule has 0 unspecified atom stereocenters. The van der Waals surface area contributed by atoms with Gasteiger partial charge in [-0.1, -0.05) is 29.3 Å². The van der Waals surface area contributed by atoms with Crippen LogP contribution in [0.25, 0.3) is 11.1 Å². The van der Waals surface area contributed by atoms with E-state index in [1.807, 2.05) is 6.07 Å². The number of hydrogen-bond donors (Lipinski definition) is 0. The number of nitriles is 1. The van der Waals surface area contributed by atoms with Gasteiger partial charge in [-0.25, -0.2) is 0 Å². The van der Waals surface area contributed by atoms with Crippen molar-refractivity contribution in [1.82, 2.24) is 0 Å². The highest BCUT2D eigenvalue weighted by Crippen LogP contribution is 2.35. The summed E-state index contributed by atoms with van der Waals surface area (Å²) < 4.78 is 40.6. The predicted molar refractivity (Wildman–Crippen MR) is 73.3 cm³/mol. The van der Waals surface area contributed by atoms with Crippen LogP contribution in [-0.2, 0) is 0 Å². The van der Waals surface area contributed by atoms with Crippen molar-refractivity contribution in [1.29, 1.82) is 5.26 Å². The minimum absolute atomic E-state index is 0.175. The summed E-state index contributed by atoms with van der Waals surface area (Å²) in [5.41, 5.74) is 0.805. The first kappa shape index (κ1) is 15.5. The van der Waals surface area contributed by atoms with Gasteiger partial charge in [-0.3, -0.25) is 0 Å². The molecule has 0 amide bonds. The molecule has 2 aromatic rings. The molecule has 0 saturated carbocycles. The maximum absolute atomic E-state index is 12.3. The van der Waals surface area contributed by atoms with Crippen LogP contribution in [0.4, 0.5) is 13.2 Å². The van der Waals surface area contributed by atoms with Crippen molar-refractivity contribution in [2.24, 2.45) is 0 Å². The molecule has 0 aliphatic carbocycles. The lowest BCUT2D eigenvalue weighted by atomic mass is 10.00. The first-order chi connectivity index (χ1) is 9.80. The molecule has 0 radical (unpaired) electrons. The highest BCUT2D eigenvalue weighted by atomic mass is 35.5. The Kier molecular flexibility index (Phi) is 4.31. The van der Waals surface area contributed by atoms with Crippen molar-refractivity contribution < 1.29 is 17.9 Å². The molecule has 0 N–H and O–H groups in total. The fourth-order valence-corrected chi connectivity index (χ4v) is 2.26. The first-order valence-electron chi connectivity index (χ1n) is 5.55. The van der Waals surface area contributed by atoms with E-state index in [2.05, 4.69) is 4.74 Å². The SMILES string of the molecule is N#Cc1ccc(OC(F)(F)F)cc1-c1ccc(Cl)cc1Cl. The van der Waals surface area contributed by atoms with E-state index in [1.54, 1.807) is 0 Å². The second kappa shape index (κ2) is 5.84. The molecule has 0 heterocycles. The van der Waals surface area contributed by atoms with Crippen LogP contribution in [0, 0.1) is 11.3 Å². The summed E-state index contributed by atoms with van der Waals surface area (Å²) in [6.07, 6.45) is -4.81. The summed E-state index contributed by atoms with van der Waals surface area (Å²) in [4.78, 5) is 0. The Bertz CT molecular complexity index is 723. The molecule has 0 atom stereocenters. The lowest BCUT2D eigenvalue weighted by Gasteiger charge is -2.12. The summed E-state index contributed by atoms with van der Waals surface area (Å²) in [5.74, 6) is -0.428. The molecule has 2 nitrogen and oxygen atoms in total. The van der Waals surface area contributed by atoms with Crippen LogP contribution in [0.3, 0.4) is 0 Å². The van der Waals surface area contributed by atoms with Crippen molar-refractivity contribution in [2.45, 2.75) is 6.36 Å². The Morgan fingerprint density at radius 3 is 2.29 bits per heavy atom. The van der Waals surface area contributed by atoms with Crippen molar-refractivity contribution in [3.05, 3.63) is 52.0 Å². The first-order valence-corrected chi connectivity index (χ1v) is 6.31. The summed E-state index contributed by atoms with van der Waals surface area (Å²) in [6, 6.07) is 9.81. The maximum Gasteiger partial charge on any atom is 0.573 e. The molecular weight excluding hydrogens is 326 g/mol. The van der Waals surface area contributed by atoms with E-state index in [4.69, 9.17) is 28.5 Å². The van der Waals surface area contributed by atoms with Crippen LogP contribution in [0.2, 0.25) is 10.0 Å². The van der Waals surface area contributed by atoms with Crippen molar-refractivity contribution in [3.63, 3.8) is 0 Å². The van der Waals surface area contributed by atoms with E-state index in [0.29, 0.717) is 10.6 Å². The molecule has 2 aromatic carbocycles. The number of ether oxygens (including phenoxy) is 1. The minimum Gasteiger partial charge on any atom is -0.406 e. The van der Waals surface area contributed by atoms with E-state index >= 15 is 0 Å². The van der Waals surface area contributed by atoms with Gasteiger partial charge in [0.2, 0.25) is 0 Å². The van der Waals surface area contributed by atoms with Gasteiger partial charge >= 0.3 is 6.36 Å². The third-order valence-electron chi connectivity index (χ3n) is 2.57. The smallest absolute Gasteiger partial charge is 0.406 e. The largest absolute Gasteiger partial charge is 0.573 e. The van der Waals surface area contributed by atoms with Crippen LogP contribution in [0.1, 0.15) is 5.56 Å². The average Bonchev–Trinajstić information content (AvgIpc) is 2.37. The van der Waals surface area contributed by atoms with E-state index in [-0.39, 0.29) is 16.1 Å². The fourth-order valence-electron chi connectivity index (χ4n) is 1.75. The highest BCUT2D eigenvalue weighted by Gasteiger charge is 2.31. The third kappa shape index (κ3) is 3.81. The number of halogens is 5. The van der Waals surface area contributed by atoms with Gasteiger partial charge in [-0.05, 0) is 30.3 Å². The average molecular weight is 332 g/mol. The second-order valence-corrected chi connectivity index (χ2v) is 4.83. The summed E-state index contributed by atoms with van der Waals surface area (Å²) in [7, 11) is 0. The molecule has 0 spiro atoms. The van der Waals surface area contributed by atoms with E-state index < -0.39 is 12.1 Å². The van der Waals surface area contributed by atoms with Gasteiger partial charge in [0.1, 0.15) is 5.75 Å². The minimum atomic E-state index is -4.81. The van der Waals surface area contributed by atoms with Crippen molar-refractivity contribution in [3.8, 4) is 22.9 Å². The molecule has 0 aliphatic rings. The Morgan fingerprint density at radius 1 is 1.00 bits per heavy atom. The maximum atomic E-state index is 12.3. The zero-order valence-electron chi connectivity index (χ0n) is 10.2. The highest BCUT2D eigenvalue weighted by molar-refractivity contribution is 6.36. The predicted octanol–water partition coefficient (Wildman–Crippen LogP) is 5.43. The fraction of sp³-hybridized carbons (Fsp3) is 0.0714. The van der Waals surface area contributed by atoms with Gasteiger partial charge in [-0.2, -0.15) is 5.26 Å². The van der Waals surface area contributed by atoms with Crippen LogP contribution >= 0.6 is 23.2 Å². The standard InChI is InChI=1S/C14H6Cl2F3NO/c15-9-2-4-11(13(16)5-9)12-6-10(21-14(17,18)19)3-1-8(12)7-20/h1-6H. The molecule has 21 heavy (non-hydrogen) atoms. The van der Waals surface area contributed by atoms with Crippen LogP contribution < -0.4 is 4.74 Å². The molecule has 0 fully saturated rings.